The van der Waals surface area contributed by atoms with Gasteiger partial charge in [0.25, 0.3) is 0 Å². The zero-order valence-electron chi connectivity index (χ0n) is 20.2. The van der Waals surface area contributed by atoms with Gasteiger partial charge in [0.15, 0.2) is 0 Å². The second-order valence-corrected chi connectivity index (χ2v) is 8.93. The molecule has 1 atom stereocenters. The van der Waals surface area contributed by atoms with Crippen molar-refractivity contribution in [1.82, 2.24) is 10.6 Å². The van der Waals surface area contributed by atoms with Crippen LogP contribution >= 0.6 is 0 Å². The summed E-state index contributed by atoms with van der Waals surface area (Å²) >= 11 is 0. The molecule has 1 aliphatic rings. The van der Waals surface area contributed by atoms with Crippen molar-refractivity contribution in [2.45, 2.75) is 37.8 Å². The Morgan fingerprint density at radius 2 is 1.63 bits per heavy atom. The number of methoxy groups -OCH3 is 1. The number of ether oxygens (including phenoxy) is 3. The third-order valence-corrected chi connectivity index (χ3v) is 5.97. The molecule has 0 aromatic heterocycles. The van der Waals surface area contributed by atoms with Crippen LogP contribution in [0.25, 0.3) is 11.1 Å². The molecule has 0 aliphatic heterocycles. The molecule has 2 amide bonds. The molecule has 2 aromatic carbocycles. The van der Waals surface area contributed by atoms with Crippen LogP contribution in [0.2, 0.25) is 0 Å². The highest BCUT2D eigenvalue weighted by Crippen LogP contribution is 2.44. The molecule has 3 N–H and O–H groups in total. The number of amides is 2. The molecule has 0 heterocycles. The standard InChI is InChI=1S/C26H32N2O7/c1-26(2,33-3)14-22(24(30)31)28-23(29)16-34-13-12-27-25(32)35-15-21-19-10-6-4-8-17(19)18-9-5-7-11-20(18)21/h4-11,21-22H,12-16H2,1-3H3,(H,27,32)(H,28,29)(H,30,31). The van der Waals surface area contributed by atoms with Crippen LogP contribution in [0, 0.1) is 0 Å². The van der Waals surface area contributed by atoms with Crippen LogP contribution in [0.3, 0.4) is 0 Å². The van der Waals surface area contributed by atoms with Crippen LogP contribution in [0.5, 0.6) is 0 Å². The van der Waals surface area contributed by atoms with E-state index in [4.69, 9.17) is 14.2 Å². The van der Waals surface area contributed by atoms with Crippen molar-refractivity contribution in [3.8, 4) is 11.1 Å². The Balaban J connectivity index is 1.37. The average molecular weight is 485 g/mol. The van der Waals surface area contributed by atoms with Gasteiger partial charge in [-0.1, -0.05) is 48.5 Å². The van der Waals surface area contributed by atoms with E-state index in [0.29, 0.717) is 0 Å². The van der Waals surface area contributed by atoms with Gasteiger partial charge in [0.2, 0.25) is 5.91 Å². The fourth-order valence-electron chi connectivity index (χ4n) is 4.05. The van der Waals surface area contributed by atoms with Crippen molar-refractivity contribution in [2.75, 3.05) is 33.5 Å². The maximum atomic E-state index is 12.2. The van der Waals surface area contributed by atoms with Crippen molar-refractivity contribution in [3.05, 3.63) is 59.7 Å². The largest absolute Gasteiger partial charge is 0.480 e. The summed E-state index contributed by atoms with van der Waals surface area (Å²) < 4.78 is 15.9. The molecule has 1 aliphatic carbocycles. The van der Waals surface area contributed by atoms with Crippen LogP contribution in [0.1, 0.15) is 37.3 Å². The number of carboxylic acids is 1. The Bertz CT molecular complexity index is 1010. The SMILES string of the molecule is COC(C)(C)CC(NC(=O)COCCNC(=O)OCC1c2ccccc2-c2ccccc21)C(=O)O. The van der Waals surface area contributed by atoms with Gasteiger partial charge >= 0.3 is 12.1 Å². The van der Waals surface area contributed by atoms with E-state index in [1.807, 2.05) is 36.4 Å². The quantitative estimate of drug-likeness (QED) is 0.396. The van der Waals surface area contributed by atoms with Crippen LogP contribution in [0.4, 0.5) is 4.79 Å². The minimum Gasteiger partial charge on any atom is -0.480 e. The van der Waals surface area contributed by atoms with Crippen LogP contribution in [-0.4, -0.2) is 68.2 Å². The summed E-state index contributed by atoms with van der Waals surface area (Å²) in [6.45, 7) is 3.56. The van der Waals surface area contributed by atoms with E-state index in [2.05, 4.69) is 22.8 Å². The minimum absolute atomic E-state index is 0.0293. The van der Waals surface area contributed by atoms with Gasteiger partial charge in [-0.15, -0.1) is 0 Å². The lowest BCUT2D eigenvalue weighted by atomic mass is 9.98. The second-order valence-electron chi connectivity index (χ2n) is 8.93. The first-order valence-corrected chi connectivity index (χ1v) is 11.5. The Labute approximate surface area is 204 Å². The van der Waals surface area contributed by atoms with E-state index in [1.165, 1.54) is 7.11 Å². The van der Waals surface area contributed by atoms with Gasteiger partial charge in [-0.05, 0) is 36.1 Å². The van der Waals surface area contributed by atoms with Gasteiger partial charge in [0.1, 0.15) is 19.3 Å². The summed E-state index contributed by atoms with van der Waals surface area (Å²) in [7, 11) is 1.48. The molecule has 2 aromatic rings. The fraction of sp³-hybridized carbons (Fsp3) is 0.423. The normalized spacial score (nSPS) is 13.5. The third kappa shape index (κ3) is 7.03. The number of fused-ring (bicyclic) bond motifs is 3. The molecule has 0 saturated carbocycles. The van der Waals surface area contributed by atoms with Gasteiger partial charge < -0.3 is 30.0 Å². The molecule has 0 bridgehead atoms. The number of hydrogen-bond donors (Lipinski definition) is 3. The van der Waals surface area contributed by atoms with Gasteiger partial charge in [0, 0.05) is 26.0 Å². The zero-order valence-corrected chi connectivity index (χ0v) is 20.2. The Kier molecular flexibility index (Phi) is 8.84. The molecule has 35 heavy (non-hydrogen) atoms. The number of carboxylic acid groups (broad SMARTS) is 1. The van der Waals surface area contributed by atoms with E-state index in [-0.39, 0.29) is 38.7 Å². The molecule has 188 valence electrons. The van der Waals surface area contributed by atoms with Crippen LogP contribution in [-0.2, 0) is 23.8 Å². The average Bonchev–Trinajstić information content (AvgIpc) is 3.15. The van der Waals surface area contributed by atoms with Crippen molar-refractivity contribution in [1.29, 1.82) is 0 Å². The molecular formula is C26H32N2O7. The van der Waals surface area contributed by atoms with Gasteiger partial charge in [-0.3, -0.25) is 4.79 Å². The lowest BCUT2D eigenvalue weighted by molar-refractivity contribution is -0.144. The predicted octanol–water partition coefficient (Wildman–Crippen LogP) is 2.93. The third-order valence-electron chi connectivity index (χ3n) is 5.97. The molecule has 9 heteroatoms. The fourth-order valence-corrected chi connectivity index (χ4v) is 4.05. The van der Waals surface area contributed by atoms with Gasteiger partial charge in [-0.25, -0.2) is 9.59 Å². The van der Waals surface area contributed by atoms with E-state index in [0.717, 1.165) is 22.3 Å². The minimum atomic E-state index is -1.15. The van der Waals surface area contributed by atoms with Crippen molar-refractivity contribution in [3.63, 3.8) is 0 Å². The van der Waals surface area contributed by atoms with Crippen molar-refractivity contribution >= 4 is 18.0 Å². The topological polar surface area (TPSA) is 123 Å². The predicted molar refractivity (Wildman–Crippen MR) is 129 cm³/mol. The van der Waals surface area contributed by atoms with E-state index in [1.54, 1.807) is 13.8 Å². The molecule has 1 unspecified atom stereocenters. The summed E-state index contributed by atoms with van der Waals surface area (Å²) in [6.07, 6.45) is -0.471. The summed E-state index contributed by atoms with van der Waals surface area (Å²) in [5.74, 6) is -1.75. The first-order chi connectivity index (χ1) is 16.7. The van der Waals surface area contributed by atoms with Gasteiger partial charge in [-0.2, -0.15) is 0 Å². The number of carbonyl (C=O) groups excluding carboxylic acids is 2. The number of rotatable bonds is 12. The number of nitrogens with one attached hydrogen (secondary N) is 2. The first kappa shape index (κ1) is 26.2. The molecular weight excluding hydrogens is 452 g/mol. The Morgan fingerprint density at radius 1 is 1.03 bits per heavy atom. The van der Waals surface area contributed by atoms with Crippen LogP contribution in [0.15, 0.2) is 48.5 Å². The van der Waals surface area contributed by atoms with E-state index < -0.39 is 29.6 Å². The Morgan fingerprint density at radius 3 is 2.20 bits per heavy atom. The highest BCUT2D eigenvalue weighted by molar-refractivity contribution is 5.84. The molecule has 3 rings (SSSR count). The van der Waals surface area contributed by atoms with E-state index >= 15 is 0 Å². The number of hydrogen-bond acceptors (Lipinski definition) is 6. The Hall–Kier alpha value is -3.43. The smallest absolute Gasteiger partial charge is 0.407 e. The van der Waals surface area contributed by atoms with Crippen LogP contribution < -0.4 is 10.6 Å². The van der Waals surface area contributed by atoms with E-state index in [9.17, 15) is 19.5 Å². The lowest BCUT2D eigenvalue weighted by Gasteiger charge is -2.26. The van der Waals surface area contributed by atoms with Gasteiger partial charge in [0.05, 0.1) is 12.2 Å². The number of benzene rings is 2. The molecule has 9 nitrogen and oxygen atoms in total. The second kappa shape index (κ2) is 11.8. The monoisotopic (exact) mass is 484 g/mol. The molecule has 0 fully saturated rings. The van der Waals surface area contributed by atoms with Crippen molar-refractivity contribution in [2.24, 2.45) is 0 Å². The summed E-state index contributed by atoms with van der Waals surface area (Å²) in [4.78, 5) is 35.6. The number of aliphatic carboxylic acids is 1. The maximum absolute atomic E-state index is 12.2. The first-order valence-electron chi connectivity index (χ1n) is 11.5. The summed E-state index contributed by atoms with van der Waals surface area (Å²) in [5, 5.41) is 14.3. The molecule has 0 radical (unpaired) electrons. The zero-order chi connectivity index (χ0) is 25.4. The highest BCUT2D eigenvalue weighted by Gasteiger charge is 2.30. The lowest BCUT2D eigenvalue weighted by Crippen LogP contribution is -2.46. The summed E-state index contributed by atoms with van der Waals surface area (Å²) in [5.41, 5.74) is 3.86. The van der Waals surface area contributed by atoms with Crippen molar-refractivity contribution < 1.29 is 33.7 Å². The molecule has 0 spiro atoms. The number of alkyl carbamates (subject to hydrolysis) is 1. The highest BCUT2D eigenvalue weighted by atomic mass is 16.5. The molecule has 0 saturated heterocycles. The number of carbonyl (C=O) groups is 3. The maximum Gasteiger partial charge on any atom is 0.407 e. The summed E-state index contributed by atoms with van der Waals surface area (Å²) in [6, 6.07) is 15.1.